The number of aliphatic hydroxyl groups is 1. The number of hydrogen-bond acceptors (Lipinski definition) is 5. The number of nitrogens with one attached hydrogen (secondary N) is 1. The maximum Gasteiger partial charge on any atom is 0.221 e. The Morgan fingerprint density at radius 3 is 2.91 bits per heavy atom. The molecule has 122 valence electrons. The average Bonchev–Trinajstić information content (AvgIpc) is 2.93. The van der Waals surface area contributed by atoms with E-state index in [0.29, 0.717) is 19.8 Å². The molecule has 2 atom stereocenters. The molecular weight excluding hydrogens is 294 g/mol. The number of ether oxygens (including phenoxy) is 1. The molecule has 1 saturated heterocycles. The number of benzene rings is 1. The number of aliphatic hydroxyl groups excluding tert-OH is 1. The van der Waals surface area contributed by atoms with Gasteiger partial charge in [0.05, 0.1) is 36.6 Å². The molecule has 0 spiro atoms. The molecule has 1 amide bonds. The van der Waals surface area contributed by atoms with Crippen LogP contribution in [0.1, 0.15) is 12.6 Å². The van der Waals surface area contributed by atoms with Crippen molar-refractivity contribution >= 4 is 22.5 Å². The lowest BCUT2D eigenvalue weighted by Crippen LogP contribution is -2.40. The molecule has 0 aliphatic carbocycles. The predicted octanol–water partition coefficient (Wildman–Crippen LogP) is 1.38. The van der Waals surface area contributed by atoms with E-state index in [1.165, 1.54) is 6.92 Å². The van der Waals surface area contributed by atoms with Gasteiger partial charge in [-0.3, -0.25) is 14.7 Å². The molecule has 2 N–H and O–H groups in total. The number of anilines is 1. The Kier molecular flexibility index (Phi) is 4.56. The number of nitrogens with zero attached hydrogens (tertiary/aromatic N) is 2. The second-order valence-electron chi connectivity index (χ2n) is 5.98. The Hall–Kier alpha value is -2.02. The van der Waals surface area contributed by atoms with Gasteiger partial charge in [-0.2, -0.15) is 0 Å². The van der Waals surface area contributed by atoms with Crippen LogP contribution in [-0.4, -0.2) is 53.3 Å². The summed E-state index contributed by atoms with van der Waals surface area (Å²) in [6, 6.07) is 9.63. The van der Waals surface area contributed by atoms with Crippen LogP contribution in [0.15, 0.2) is 30.3 Å². The first-order valence-electron chi connectivity index (χ1n) is 7.66. The summed E-state index contributed by atoms with van der Waals surface area (Å²) >= 11 is 0. The van der Waals surface area contributed by atoms with Gasteiger partial charge in [-0.15, -0.1) is 0 Å². The van der Waals surface area contributed by atoms with Crippen LogP contribution in [-0.2, 0) is 16.1 Å². The third kappa shape index (κ3) is 3.67. The predicted molar refractivity (Wildman–Crippen MR) is 88.1 cm³/mol. The van der Waals surface area contributed by atoms with Gasteiger partial charge in [0.1, 0.15) is 0 Å². The van der Waals surface area contributed by atoms with Crippen molar-refractivity contribution in [3.63, 3.8) is 0 Å². The Balaban J connectivity index is 1.76. The molecule has 6 heteroatoms. The summed E-state index contributed by atoms with van der Waals surface area (Å²) in [6.45, 7) is 3.08. The molecule has 1 aliphatic rings. The van der Waals surface area contributed by atoms with Gasteiger partial charge >= 0.3 is 0 Å². The van der Waals surface area contributed by atoms with Crippen LogP contribution in [0.2, 0.25) is 0 Å². The van der Waals surface area contributed by atoms with Crippen molar-refractivity contribution in [2.45, 2.75) is 25.6 Å². The lowest BCUT2D eigenvalue weighted by atomic mass is 10.1. The molecule has 1 aliphatic heterocycles. The molecule has 0 unspecified atom stereocenters. The first-order chi connectivity index (χ1) is 11.0. The van der Waals surface area contributed by atoms with E-state index >= 15 is 0 Å². The summed E-state index contributed by atoms with van der Waals surface area (Å²) in [5.41, 5.74) is 2.59. The number of pyridine rings is 1. The number of amides is 1. The van der Waals surface area contributed by atoms with Crippen LogP contribution in [0.4, 0.5) is 5.69 Å². The van der Waals surface area contributed by atoms with Gasteiger partial charge in [-0.1, -0.05) is 6.07 Å². The third-order valence-electron chi connectivity index (χ3n) is 4.07. The maximum atomic E-state index is 11.1. The lowest BCUT2D eigenvalue weighted by molar-refractivity contribution is -0.114. The van der Waals surface area contributed by atoms with Crippen molar-refractivity contribution in [2.24, 2.45) is 0 Å². The van der Waals surface area contributed by atoms with E-state index in [2.05, 4.69) is 15.2 Å². The Morgan fingerprint density at radius 2 is 2.22 bits per heavy atom. The zero-order valence-corrected chi connectivity index (χ0v) is 13.3. The number of rotatable bonds is 4. The fraction of sp³-hybridized carbons (Fsp3) is 0.412. The van der Waals surface area contributed by atoms with E-state index in [0.717, 1.165) is 22.3 Å². The highest BCUT2D eigenvalue weighted by Gasteiger charge is 2.29. The minimum atomic E-state index is -0.444. The number of aromatic nitrogens is 1. The van der Waals surface area contributed by atoms with Crippen molar-refractivity contribution in [1.29, 1.82) is 0 Å². The highest BCUT2D eigenvalue weighted by molar-refractivity contribution is 5.92. The van der Waals surface area contributed by atoms with Crippen LogP contribution >= 0.6 is 0 Å². The van der Waals surface area contributed by atoms with Crippen LogP contribution in [0, 0.1) is 0 Å². The molecular formula is C17H21N3O3. The minimum absolute atomic E-state index is 0.00893. The van der Waals surface area contributed by atoms with Crippen LogP contribution in [0.3, 0.4) is 0 Å². The second-order valence-corrected chi connectivity index (χ2v) is 5.98. The van der Waals surface area contributed by atoms with E-state index in [4.69, 9.17) is 4.74 Å². The monoisotopic (exact) mass is 315 g/mol. The maximum absolute atomic E-state index is 11.1. The highest BCUT2D eigenvalue weighted by Crippen LogP contribution is 2.20. The van der Waals surface area contributed by atoms with Gasteiger partial charge in [-0.05, 0) is 31.3 Å². The molecule has 23 heavy (non-hydrogen) atoms. The fourth-order valence-electron chi connectivity index (χ4n) is 2.86. The van der Waals surface area contributed by atoms with Crippen molar-refractivity contribution in [1.82, 2.24) is 9.88 Å². The summed E-state index contributed by atoms with van der Waals surface area (Å²) in [4.78, 5) is 17.8. The Labute approximate surface area is 135 Å². The number of carbonyl (C=O) groups is 1. The van der Waals surface area contributed by atoms with Gasteiger partial charge in [0.25, 0.3) is 0 Å². The standard InChI is InChI=1S/C17H21N3O3/c1-11(21)18-13-5-6-15-12(7-13)3-4-14(19-15)8-20(2)16-9-23-10-17(16)22/h3-7,16-17,22H,8-10H2,1-2H3,(H,18,21)/t16-,17-/m1/s1. The quantitative estimate of drug-likeness (QED) is 0.892. The number of likely N-dealkylation sites (N-methyl/N-ethyl adjacent to an activating group) is 1. The molecule has 2 heterocycles. The molecule has 6 nitrogen and oxygen atoms in total. The first-order valence-corrected chi connectivity index (χ1v) is 7.66. The molecule has 0 bridgehead atoms. The molecule has 1 aromatic carbocycles. The Morgan fingerprint density at radius 1 is 1.39 bits per heavy atom. The van der Waals surface area contributed by atoms with E-state index in [1.54, 1.807) is 0 Å². The van der Waals surface area contributed by atoms with E-state index in [-0.39, 0.29) is 11.9 Å². The van der Waals surface area contributed by atoms with E-state index in [9.17, 15) is 9.90 Å². The molecule has 1 fully saturated rings. The molecule has 1 aromatic heterocycles. The third-order valence-corrected chi connectivity index (χ3v) is 4.07. The average molecular weight is 315 g/mol. The summed E-state index contributed by atoms with van der Waals surface area (Å²) < 4.78 is 5.30. The zero-order chi connectivity index (χ0) is 16.4. The lowest BCUT2D eigenvalue weighted by Gasteiger charge is -2.25. The minimum Gasteiger partial charge on any atom is -0.389 e. The van der Waals surface area contributed by atoms with E-state index in [1.807, 2.05) is 37.4 Å². The van der Waals surface area contributed by atoms with Crippen molar-refractivity contribution < 1.29 is 14.6 Å². The van der Waals surface area contributed by atoms with Crippen molar-refractivity contribution in [3.05, 3.63) is 36.0 Å². The summed E-state index contributed by atoms with van der Waals surface area (Å²) in [5, 5.41) is 13.6. The van der Waals surface area contributed by atoms with Gasteiger partial charge < -0.3 is 15.2 Å². The number of hydrogen-bond donors (Lipinski definition) is 2. The number of carbonyl (C=O) groups excluding carboxylic acids is 1. The molecule has 3 rings (SSSR count). The number of fused-ring (bicyclic) bond motifs is 1. The zero-order valence-electron chi connectivity index (χ0n) is 13.3. The molecule has 0 radical (unpaired) electrons. The van der Waals surface area contributed by atoms with Gasteiger partial charge in [0, 0.05) is 24.5 Å². The smallest absolute Gasteiger partial charge is 0.221 e. The largest absolute Gasteiger partial charge is 0.389 e. The summed E-state index contributed by atoms with van der Waals surface area (Å²) in [6.07, 6.45) is -0.444. The van der Waals surface area contributed by atoms with Gasteiger partial charge in [0.2, 0.25) is 5.91 Å². The first kappa shape index (κ1) is 15.9. The summed E-state index contributed by atoms with van der Waals surface area (Å²) in [7, 11) is 1.97. The topological polar surface area (TPSA) is 74.7 Å². The highest BCUT2D eigenvalue weighted by atomic mass is 16.5. The van der Waals surface area contributed by atoms with Crippen molar-refractivity contribution in [2.75, 3.05) is 25.6 Å². The van der Waals surface area contributed by atoms with Gasteiger partial charge in [0.15, 0.2) is 0 Å². The van der Waals surface area contributed by atoms with Crippen LogP contribution in [0.25, 0.3) is 10.9 Å². The normalized spacial score (nSPS) is 21.0. The molecule has 2 aromatic rings. The van der Waals surface area contributed by atoms with Gasteiger partial charge in [-0.25, -0.2) is 0 Å². The fourth-order valence-corrected chi connectivity index (χ4v) is 2.86. The SMILES string of the molecule is CC(=O)Nc1ccc2nc(CN(C)[C@@H]3COC[C@H]3O)ccc2c1. The summed E-state index contributed by atoms with van der Waals surface area (Å²) in [5.74, 6) is -0.0899. The molecule has 0 saturated carbocycles. The Bertz CT molecular complexity index is 719. The second kappa shape index (κ2) is 6.62. The van der Waals surface area contributed by atoms with E-state index < -0.39 is 6.10 Å². The van der Waals surface area contributed by atoms with Crippen LogP contribution < -0.4 is 5.32 Å². The van der Waals surface area contributed by atoms with Crippen LogP contribution in [0.5, 0.6) is 0 Å². The van der Waals surface area contributed by atoms with Crippen molar-refractivity contribution in [3.8, 4) is 0 Å².